The third-order valence-electron chi connectivity index (χ3n) is 2.78. The molecule has 0 saturated carbocycles. The molecule has 0 unspecified atom stereocenters. The van der Waals surface area contributed by atoms with Crippen LogP contribution in [0.25, 0.3) is 0 Å². The fourth-order valence-electron chi connectivity index (χ4n) is 1.77. The first-order chi connectivity index (χ1) is 10.1. The molecule has 0 aromatic heterocycles. The van der Waals surface area contributed by atoms with Gasteiger partial charge in [-0.15, -0.1) is 0 Å². The van der Waals surface area contributed by atoms with Crippen molar-refractivity contribution in [2.24, 2.45) is 5.73 Å². The van der Waals surface area contributed by atoms with E-state index in [1.54, 1.807) is 32.9 Å². The summed E-state index contributed by atoms with van der Waals surface area (Å²) in [6, 6.07) is 5.64. The average Bonchev–Trinajstić information content (AvgIpc) is 2.36. The van der Waals surface area contributed by atoms with Gasteiger partial charge in [-0.1, -0.05) is 28.1 Å². The number of nitrogens with two attached hydrogens (primary N) is 1. The van der Waals surface area contributed by atoms with Crippen molar-refractivity contribution in [2.75, 3.05) is 0 Å². The number of alkyl carbamates (subject to hydrolysis) is 1. The minimum Gasteiger partial charge on any atom is -0.480 e. The number of carboxylic acids is 1. The second-order valence-corrected chi connectivity index (χ2v) is 6.85. The summed E-state index contributed by atoms with van der Waals surface area (Å²) in [6.45, 7) is 5.11. The minimum absolute atomic E-state index is 0.0657. The molecule has 1 amide bonds. The van der Waals surface area contributed by atoms with E-state index in [4.69, 9.17) is 10.5 Å². The molecule has 0 fully saturated rings. The molecule has 0 radical (unpaired) electrons. The van der Waals surface area contributed by atoms with E-state index in [0.29, 0.717) is 0 Å². The summed E-state index contributed by atoms with van der Waals surface area (Å²) < 4.78 is 5.97. The maximum absolute atomic E-state index is 11.7. The predicted octanol–water partition coefficient (Wildman–Crippen LogP) is 2.82. The fourth-order valence-corrected chi connectivity index (χ4v) is 2.04. The van der Waals surface area contributed by atoms with E-state index >= 15 is 0 Å². The van der Waals surface area contributed by atoms with Crippen molar-refractivity contribution in [3.05, 3.63) is 34.3 Å². The quantitative estimate of drug-likeness (QED) is 0.737. The third kappa shape index (κ3) is 6.44. The number of carbonyl (C=O) groups is 2. The number of halogens is 1. The van der Waals surface area contributed by atoms with E-state index in [1.165, 1.54) is 0 Å². The summed E-state index contributed by atoms with van der Waals surface area (Å²) in [7, 11) is 0. The van der Waals surface area contributed by atoms with E-state index in [1.807, 2.05) is 12.1 Å². The molecule has 0 spiro atoms. The molecular weight excluding hydrogens is 352 g/mol. The largest absolute Gasteiger partial charge is 0.480 e. The fraction of sp³-hybridized carbons (Fsp3) is 0.467. The zero-order valence-electron chi connectivity index (χ0n) is 12.8. The van der Waals surface area contributed by atoms with Crippen LogP contribution < -0.4 is 11.1 Å². The van der Waals surface area contributed by atoms with Crippen LogP contribution in [0, 0.1) is 0 Å². The standard InChI is InChI=1S/C15H21BrN2O4/c1-15(2,3)22-14(21)18-12(13(19)20)8-11(17)9-4-6-10(16)7-5-9/h4-7,11-12H,8,17H2,1-3H3,(H,18,21)(H,19,20)/t11-,12+/m0/s1. The lowest BCUT2D eigenvalue weighted by Gasteiger charge is -2.23. The number of rotatable bonds is 5. The molecule has 22 heavy (non-hydrogen) atoms. The van der Waals surface area contributed by atoms with E-state index in [-0.39, 0.29) is 6.42 Å². The lowest BCUT2D eigenvalue weighted by molar-refractivity contribution is -0.139. The number of nitrogens with one attached hydrogen (secondary N) is 1. The summed E-state index contributed by atoms with van der Waals surface area (Å²) in [6.07, 6.45) is -0.709. The summed E-state index contributed by atoms with van der Waals surface area (Å²) in [5.74, 6) is -1.15. The van der Waals surface area contributed by atoms with Crippen LogP contribution in [-0.2, 0) is 9.53 Å². The van der Waals surface area contributed by atoms with Crippen molar-refractivity contribution >= 4 is 28.0 Å². The SMILES string of the molecule is CC(C)(C)OC(=O)N[C@H](C[C@H](N)c1ccc(Br)cc1)C(=O)O. The van der Waals surface area contributed by atoms with Gasteiger partial charge in [0, 0.05) is 10.5 Å². The zero-order valence-corrected chi connectivity index (χ0v) is 14.4. The Kier molecular flexibility index (Phi) is 6.37. The monoisotopic (exact) mass is 372 g/mol. The number of benzene rings is 1. The molecule has 122 valence electrons. The third-order valence-corrected chi connectivity index (χ3v) is 3.31. The summed E-state index contributed by atoms with van der Waals surface area (Å²) in [4.78, 5) is 23.0. The van der Waals surface area contributed by atoms with Crippen molar-refractivity contribution in [3.8, 4) is 0 Å². The summed E-state index contributed by atoms with van der Waals surface area (Å²) >= 11 is 3.32. The van der Waals surface area contributed by atoms with Gasteiger partial charge in [0.1, 0.15) is 11.6 Å². The van der Waals surface area contributed by atoms with E-state index in [9.17, 15) is 14.7 Å². The molecule has 0 heterocycles. The van der Waals surface area contributed by atoms with Crippen LogP contribution in [0.2, 0.25) is 0 Å². The number of carbonyl (C=O) groups excluding carboxylic acids is 1. The van der Waals surface area contributed by atoms with Crippen LogP contribution in [-0.4, -0.2) is 28.8 Å². The molecule has 0 saturated heterocycles. The summed E-state index contributed by atoms with van der Waals surface area (Å²) in [5.41, 5.74) is 6.11. The Morgan fingerprint density at radius 1 is 1.32 bits per heavy atom. The lowest BCUT2D eigenvalue weighted by atomic mass is 10.0. The minimum atomic E-state index is -1.15. The molecule has 1 aromatic rings. The van der Waals surface area contributed by atoms with Gasteiger partial charge < -0.3 is 20.9 Å². The number of ether oxygens (including phenoxy) is 1. The number of amides is 1. The number of carboxylic acid groups (broad SMARTS) is 1. The maximum atomic E-state index is 11.7. The average molecular weight is 373 g/mol. The molecule has 6 nitrogen and oxygen atoms in total. The molecule has 2 atom stereocenters. The van der Waals surface area contributed by atoms with Gasteiger partial charge in [0.15, 0.2) is 0 Å². The van der Waals surface area contributed by atoms with Crippen LogP contribution in [0.3, 0.4) is 0 Å². The molecule has 0 aliphatic rings. The number of hydrogen-bond acceptors (Lipinski definition) is 4. The van der Waals surface area contributed by atoms with Crippen LogP contribution in [0.4, 0.5) is 4.79 Å². The Morgan fingerprint density at radius 2 is 1.86 bits per heavy atom. The Hall–Kier alpha value is -1.60. The zero-order chi connectivity index (χ0) is 16.9. The van der Waals surface area contributed by atoms with Gasteiger partial charge in [-0.2, -0.15) is 0 Å². The van der Waals surface area contributed by atoms with Crippen molar-refractivity contribution in [1.29, 1.82) is 0 Å². The first-order valence-electron chi connectivity index (χ1n) is 6.82. The highest BCUT2D eigenvalue weighted by molar-refractivity contribution is 9.10. The predicted molar refractivity (Wildman–Crippen MR) is 86.5 cm³/mol. The second kappa shape index (κ2) is 7.60. The Bertz CT molecular complexity index is 525. The summed E-state index contributed by atoms with van der Waals surface area (Å²) in [5, 5.41) is 11.6. The van der Waals surface area contributed by atoms with Gasteiger partial charge in [0.05, 0.1) is 0 Å². The van der Waals surface area contributed by atoms with Crippen LogP contribution >= 0.6 is 15.9 Å². The topological polar surface area (TPSA) is 102 Å². The first kappa shape index (κ1) is 18.4. The highest BCUT2D eigenvalue weighted by Gasteiger charge is 2.26. The molecule has 7 heteroatoms. The molecule has 0 bridgehead atoms. The van der Waals surface area contributed by atoms with E-state index in [0.717, 1.165) is 10.0 Å². The first-order valence-corrected chi connectivity index (χ1v) is 7.61. The van der Waals surface area contributed by atoms with Crippen molar-refractivity contribution < 1.29 is 19.4 Å². The van der Waals surface area contributed by atoms with Gasteiger partial charge in [0.2, 0.25) is 0 Å². The van der Waals surface area contributed by atoms with Gasteiger partial charge in [-0.3, -0.25) is 0 Å². The van der Waals surface area contributed by atoms with Gasteiger partial charge in [-0.05, 0) is 44.9 Å². The van der Waals surface area contributed by atoms with Crippen LogP contribution in [0.5, 0.6) is 0 Å². The van der Waals surface area contributed by atoms with Crippen LogP contribution in [0.15, 0.2) is 28.7 Å². The molecule has 1 aromatic carbocycles. The Morgan fingerprint density at radius 3 is 2.32 bits per heavy atom. The van der Waals surface area contributed by atoms with Crippen molar-refractivity contribution in [2.45, 2.75) is 44.9 Å². The van der Waals surface area contributed by atoms with E-state index < -0.39 is 29.7 Å². The highest BCUT2D eigenvalue weighted by Crippen LogP contribution is 2.19. The molecular formula is C15H21BrN2O4. The molecule has 0 aliphatic heterocycles. The van der Waals surface area contributed by atoms with Crippen molar-refractivity contribution in [3.63, 3.8) is 0 Å². The Balaban J connectivity index is 2.70. The molecule has 0 aliphatic carbocycles. The highest BCUT2D eigenvalue weighted by atomic mass is 79.9. The van der Waals surface area contributed by atoms with Gasteiger partial charge in [0.25, 0.3) is 0 Å². The lowest BCUT2D eigenvalue weighted by Crippen LogP contribution is -2.44. The van der Waals surface area contributed by atoms with Crippen molar-refractivity contribution in [1.82, 2.24) is 5.32 Å². The molecule has 1 rings (SSSR count). The van der Waals surface area contributed by atoms with E-state index in [2.05, 4.69) is 21.2 Å². The normalized spacial score (nSPS) is 14.0. The molecule has 4 N–H and O–H groups in total. The number of aliphatic carboxylic acids is 1. The van der Waals surface area contributed by atoms with Gasteiger partial charge >= 0.3 is 12.1 Å². The smallest absolute Gasteiger partial charge is 0.408 e. The number of hydrogen-bond donors (Lipinski definition) is 3. The van der Waals surface area contributed by atoms with Crippen LogP contribution in [0.1, 0.15) is 38.8 Å². The maximum Gasteiger partial charge on any atom is 0.408 e. The Labute approximate surface area is 138 Å². The second-order valence-electron chi connectivity index (χ2n) is 5.93. The van der Waals surface area contributed by atoms with Gasteiger partial charge in [-0.25, -0.2) is 9.59 Å².